The molecule has 0 aliphatic heterocycles. The minimum atomic E-state index is 0. The molecule has 0 spiro atoms. The first kappa shape index (κ1) is 8.70. The number of aryl methyl sites for hydroxylation is 1. The van der Waals surface area contributed by atoms with Crippen molar-refractivity contribution >= 4 is 15.9 Å². The van der Waals surface area contributed by atoms with E-state index in [0.717, 1.165) is 4.47 Å². The van der Waals surface area contributed by atoms with Crippen LogP contribution >= 0.6 is 15.9 Å². The molecule has 0 heterocycles. The summed E-state index contributed by atoms with van der Waals surface area (Å²) in [5, 5.41) is 0. The summed E-state index contributed by atoms with van der Waals surface area (Å²) in [5.41, 5.74) is 1.30. The summed E-state index contributed by atoms with van der Waals surface area (Å²) in [6.07, 6.45) is 0. The van der Waals surface area contributed by atoms with E-state index in [4.69, 9.17) is 0 Å². The predicted molar refractivity (Wildman–Crippen MR) is 45.6 cm³/mol. The van der Waals surface area contributed by atoms with E-state index in [9.17, 15) is 0 Å². The fourth-order valence-corrected chi connectivity index (χ4v) is 0.798. The van der Waals surface area contributed by atoms with Crippen molar-refractivity contribution in [2.75, 3.05) is 0 Å². The van der Waals surface area contributed by atoms with Crippen molar-refractivity contribution in [3.63, 3.8) is 0 Å². The van der Waals surface area contributed by atoms with Crippen molar-refractivity contribution in [1.82, 2.24) is 0 Å². The summed E-state index contributed by atoms with van der Waals surface area (Å²) in [4.78, 5) is 0. The molecule has 1 heteroatoms. The van der Waals surface area contributed by atoms with Gasteiger partial charge in [-0.15, -0.1) is 0 Å². The Hall–Kier alpha value is -0.300. The van der Waals surface area contributed by atoms with Crippen LogP contribution in [0.4, 0.5) is 0 Å². The van der Waals surface area contributed by atoms with Crippen LogP contribution in [0.1, 0.15) is 13.0 Å². The first-order valence-corrected chi connectivity index (χ1v) is 3.30. The molecule has 0 atom stereocenters. The highest BCUT2D eigenvalue weighted by Gasteiger charge is 1.81. The van der Waals surface area contributed by atoms with E-state index in [1.165, 1.54) is 5.56 Å². The first-order chi connectivity index (χ1) is 3.79. The molecule has 1 aromatic rings. The number of hydrogen-bond donors (Lipinski definition) is 0. The maximum Gasteiger partial charge on any atom is 0.0175 e. The van der Waals surface area contributed by atoms with Gasteiger partial charge in [-0.25, -0.2) is 0 Å². The second-order valence-corrected chi connectivity index (χ2v) is 2.71. The van der Waals surface area contributed by atoms with Crippen LogP contribution in [0, 0.1) is 6.92 Å². The van der Waals surface area contributed by atoms with Gasteiger partial charge in [-0.1, -0.05) is 41.1 Å². The maximum atomic E-state index is 3.35. The van der Waals surface area contributed by atoms with Crippen molar-refractivity contribution < 1.29 is 0 Å². The van der Waals surface area contributed by atoms with Crippen LogP contribution in [0.25, 0.3) is 0 Å². The second-order valence-electron chi connectivity index (χ2n) is 1.80. The summed E-state index contributed by atoms with van der Waals surface area (Å²) in [6.45, 7) is 2.08. The molecule has 0 aliphatic carbocycles. The van der Waals surface area contributed by atoms with Gasteiger partial charge in [-0.3, -0.25) is 0 Å². The van der Waals surface area contributed by atoms with Gasteiger partial charge in [-0.05, 0) is 19.1 Å². The zero-order chi connectivity index (χ0) is 5.98. The molecule has 1 rings (SSSR count). The molecular weight excluding hydrogens is 176 g/mol. The highest BCUT2D eigenvalue weighted by atomic mass is 79.9. The third-order valence-corrected chi connectivity index (χ3v) is 1.54. The Bertz CT molecular complexity index is 143. The van der Waals surface area contributed by atoms with Crippen molar-refractivity contribution in [3.8, 4) is 0 Å². The third kappa shape index (κ3) is 2.66. The van der Waals surface area contributed by atoms with E-state index in [1.54, 1.807) is 0 Å². The Balaban J connectivity index is 0.000000640. The van der Waals surface area contributed by atoms with Gasteiger partial charge >= 0.3 is 0 Å². The first-order valence-electron chi connectivity index (χ1n) is 2.51. The van der Waals surface area contributed by atoms with Gasteiger partial charge in [0.05, 0.1) is 0 Å². The lowest BCUT2D eigenvalue weighted by molar-refractivity contribution is 1.46. The van der Waals surface area contributed by atoms with Crippen LogP contribution in [0.2, 0.25) is 0 Å². The zero-order valence-electron chi connectivity index (χ0n) is 4.69. The van der Waals surface area contributed by atoms with E-state index >= 15 is 0 Å². The molecule has 50 valence electrons. The summed E-state index contributed by atoms with van der Waals surface area (Å²) < 4.78 is 1.14. The predicted octanol–water partition coefficient (Wildman–Crippen LogP) is 3.39. The number of halogens is 1. The van der Waals surface area contributed by atoms with Gasteiger partial charge in [0, 0.05) is 4.47 Å². The molecule has 9 heavy (non-hydrogen) atoms. The smallest absolute Gasteiger partial charge is 0.0175 e. The zero-order valence-corrected chi connectivity index (χ0v) is 6.27. The summed E-state index contributed by atoms with van der Waals surface area (Å²) >= 11 is 3.35. The molecule has 0 aromatic heterocycles. The summed E-state index contributed by atoms with van der Waals surface area (Å²) in [5.74, 6) is 0. The molecule has 0 fully saturated rings. The van der Waals surface area contributed by atoms with Crippen LogP contribution in [0.3, 0.4) is 0 Å². The summed E-state index contributed by atoms with van der Waals surface area (Å²) in [6, 6.07) is 8.22. The molecular formula is C8H11Br. The highest BCUT2D eigenvalue weighted by molar-refractivity contribution is 9.10. The van der Waals surface area contributed by atoms with E-state index in [-0.39, 0.29) is 7.43 Å². The summed E-state index contributed by atoms with van der Waals surface area (Å²) in [7, 11) is 0. The Morgan fingerprint density at radius 3 is 1.89 bits per heavy atom. The molecule has 0 amide bonds. The van der Waals surface area contributed by atoms with Crippen molar-refractivity contribution in [3.05, 3.63) is 34.3 Å². The van der Waals surface area contributed by atoms with Crippen LogP contribution < -0.4 is 0 Å². The van der Waals surface area contributed by atoms with Crippen LogP contribution in [-0.2, 0) is 0 Å². The van der Waals surface area contributed by atoms with Crippen molar-refractivity contribution in [1.29, 1.82) is 0 Å². The van der Waals surface area contributed by atoms with Gasteiger partial charge < -0.3 is 0 Å². The number of hydrogen-bond acceptors (Lipinski definition) is 0. The Labute approximate surface area is 65.0 Å². The van der Waals surface area contributed by atoms with Crippen molar-refractivity contribution in [2.24, 2.45) is 0 Å². The van der Waals surface area contributed by atoms with Crippen LogP contribution in [0.5, 0.6) is 0 Å². The lowest BCUT2D eigenvalue weighted by Gasteiger charge is -1.88. The monoisotopic (exact) mass is 186 g/mol. The molecule has 0 saturated heterocycles. The second kappa shape index (κ2) is 3.67. The molecule has 0 bridgehead atoms. The molecule has 0 unspecified atom stereocenters. The topological polar surface area (TPSA) is 0 Å². The van der Waals surface area contributed by atoms with Gasteiger partial charge in [0.1, 0.15) is 0 Å². The van der Waals surface area contributed by atoms with E-state index in [2.05, 4.69) is 35.0 Å². The molecule has 1 aromatic carbocycles. The molecule has 0 nitrogen and oxygen atoms in total. The van der Waals surface area contributed by atoms with Gasteiger partial charge in [0.2, 0.25) is 0 Å². The standard InChI is InChI=1S/C7H7Br.CH4/c1-6-2-4-7(8)5-3-6;/h2-5H,1H3;1H4. The average molecular weight is 187 g/mol. The normalized spacial score (nSPS) is 8.22. The largest absolute Gasteiger partial charge is 0.0776 e. The highest BCUT2D eigenvalue weighted by Crippen LogP contribution is 2.08. The van der Waals surface area contributed by atoms with Gasteiger partial charge in [0.15, 0.2) is 0 Å². The average Bonchev–Trinajstić information content (AvgIpc) is 1.77. The quantitative estimate of drug-likeness (QED) is 0.583. The Morgan fingerprint density at radius 2 is 1.56 bits per heavy atom. The number of rotatable bonds is 0. The Morgan fingerprint density at radius 1 is 1.11 bits per heavy atom. The van der Waals surface area contributed by atoms with Crippen LogP contribution in [-0.4, -0.2) is 0 Å². The van der Waals surface area contributed by atoms with Gasteiger partial charge in [0.25, 0.3) is 0 Å². The minimum absolute atomic E-state index is 0. The minimum Gasteiger partial charge on any atom is -0.0776 e. The van der Waals surface area contributed by atoms with Gasteiger partial charge in [-0.2, -0.15) is 0 Å². The molecule has 0 saturated carbocycles. The fraction of sp³-hybridized carbons (Fsp3) is 0.250. The lowest BCUT2D eigenvalue weighted by Crippen LogP contribution is -1.66. The van der Waals surface area contributed by atoms with Crippen molar-refractivity contribution in [2.45, 2.75) is 14.4 Å². The van der Waals surface area contributed by atoms with Crippen LogP contribution in [0.15, 0.2) is 28.7 Å². The molecule has 0 N–H and O–H groups in total. The Kier molecular flexibility index (Phi) is 3.55. The van der Waals surface area contributed by atoms with E-state index in [1.807, 2.05) is 12.1 Å². The number of benzene rings is 1. The lowest BCUT2D eigenvalue weighted by atomic mass is 10.2. The fourth-order valence-electron chi connectivity index (χ4n) is 0.533. The SMILES string of the molecule is C.Cc1ccc(Br)cc1. The molecule has 0 radical (unpaired) electrons. The third-order valence-electron chi connectivity index (χ3n) is 1.01. The molecule has 0 aliphatic rings. The maximum absolute atomic E-state index is 3.35. The van der Waals surface area contributed by atoms with E-state index in [0.29, 0.717) is 0 Å². The van der Waals surface area contributed by atoms with E-state index < -0.39 is 0 Å².